The van der Waals surface area contributed by atoms with Crippen molar-refractivity contribution in [3.63, 3.8) is 0 Å². The summed E-state index contributed by atoms with van der Waals surface area (Å²) in [5.41, 5.74) is 10.2. The summed E-state index contributed by atoms with van der Waals surface area (Å²) in [6, 6.07) is 0. The Morgan fingerprint density at radius 3 is 1.63 bits per heavy atom. The predicted molar refractivity (Wildman–Crippen MR) is 196 cm³/mol. The van der Waals surface area contributed by atoms with Gasteiger partial charge in [-0.25, -0.2) is 13.7 Å². The van der Waals surface area contributed by atoms with Crippen LogP contribution in [0.4, 0.5) is 11.9 Å². The van der Waals surface area contributed by atoms with Crippen LogP contribution in [0, 0.1) is 0 Å². The Hall–Kier alpha value is -3.61. The van der Waals surface area contributed by atoms with Gasteiger partial charge in [-0.15, -0.1) is 0 Å². The zero-order valence-electron chi connectivity index (χ0n) is 32.3. The number of nitrogen functional groups attached to an aromatic ring is 2. The second-order valence-corrected chi connectivity index (χ2v) is 18.7. The Morgan fingerprint density at radius 1 is 0.742 bits per heavy atom. The highest BCUT2D eigenvalue weighted by Crippen LogP contribution is 2.50. The molecule has 4 aromatic heterocycles. The number of ether oxygens (including phenoxy) is 2. The van der Waals surface area contributed by atoms with Gasteiger partial charge in [-0.1, -0.05) is 9.97 Å². The fraction of sp³-hybridized carbons (Fsp3) is 0.655. The van der Waals surface area contributed by atoms with E-state index in [1.807, 2.05) is 0 Å². The minimum Gasteiger partial charge on any atom is -0.756 e. The number of hydrogen-bond acceptors (Lipinski definition) is 22. The van der Waals surface area contributed by atoms with E-state index in [-0.39, 0.29) is 40.6 Å². The van der Waals surface area contributed by atoms with Crippen LogP contribution in [0.3, 0.4) is 0 Å². The maximum atomic E-state index is 13.0. The Balaban J connectivity index is 0.954. The van der Waals surface area contributed by atoms with E-state index in [1.165, 1.54) is 45.0 Å². The molecular formula is C29H43N10O20P3. The summed E-state index contributed by atoms with van der Waals surface area (Å²) in [7, 11) is -13.0. The molecule has 6 heterocycles. The molecule has 2 unspecified atom stereocenters. The molecule has 7 rings (SSSR count). The minimum absolute atomic E-state index is 0.0201. The van der Waals surface area contributed by atoms with Gasteiger partial charge in [-0.3, -0.25) is 42.3 Å². The van der Waals surface area contributed by atoms with E-state index in [4.69, 9.17) is 43.6 Å². The van der Waals surface area contributed by atoms with Crippen molar-refractivity contribution in [2.24, 2.45) is 14.1 Å². The molecule has 2 aliphatic heterocycles. The molecule has 1 aliphatic carbocycles. The van der Waals surface area contributed by atoms with Crippen molar-refractivity contribution in [2.75, 3.05) is 24.7 Å². The lowest BCUT2D eigenvalue weighted by atomic mass is 9.93. The third kappa shape index (κ3) is 9.87. The van der Waals surface area contributed by atoms with Crippen LogP contribution in [0.5, 0.6) is 0 Å². The van der Waals surface area contributed by atoms with Crippen LogP contribution in [0.1, 0.15) is 38.1 Å². The fourth-order valence-corrected chi connectivity index (χ4v) is 10.1. The van der Waals surface area contributed by atoms with Crippen LogP contribution in [0.2, 0.25) is 0 Å². The molecule has 0 spiro atoms. The first-order valence-electron chi connectivity index (χ1n) is 18.5. The van der Waals surface area contributed by atoms with Gasteiger partial charge < -0.3 is 79.0 Å². The van der Waals surface area contributed by atoms with Crippen molar-refractivity contribution in [1.29, 1.82) is 0 Å². The summed E-state index contributed by atoms with van der Waals surface area (Å²) in [4.78, 5) is 82.5. The molecule has 13 atom stereocenters. The molecule has 344 valence electrons. The predicted octanol–water partition coefficient (Wildman–Crippen LogP) is -5.69. The first-order valence-corrected chi connectivity index (χ1v) is 22.9. The van der Waals surface area contributed by atoms with Crippen LogP contribution in [0.25, 0.3) is 22.3 Å². The van der Waals surface area contributed by atoms with Gasteiger partial charge in [0.1, 0.15) is 30.5 Å². The fourth-order valence-electron chi connectivity index (χ4n) is 7.70. The van der Waals surface area contributed by atoms with Crippen molar-refractivity contribution in [3.05, 3.63) is 33.4 Å². The van der Waals surface area contributed by atoms with Gasteiger partial charge in [0.05, 0.1) is 51.7 Å². The van der Waals surface area contributed by atoms with Gasteiger partial charge in [0.15, 0.2) is 12.7 Å². The molecule has 0 aromatic carbocycles. The highest BCUT2D eigenvalue weighted by molar-refractivity contribution is 7.46. The third-order valence-corrected chi connectivity index (χ3v) is 12.9. The van der Waals surface area contributed by atoms with Gasteiger partial charge in [0.2, 0.25) is 23.5 Å². The van der Waals surface area contributed by atoms with Crippen molar-refractivity contribution < 1.29 is 94.9 Å². The molecule has 0 amide bonds. The van der Waals surface area contributed by atoms with Gasteiger partial charge >= 0.3 is 19.1 Å². The monoisotopic (exact) mass is 944 g/mol. The first-order chi connectivity index (χ1) is 28.9. The minimum atomic E-state index is -5.42. The number of imidazole rings is 2. The highest BCUT2D eigenvalue weighted by atomic mass is 31.2. The average Bonchev–Trinajstić information content (AvgIpc) is 3.83. The number of aromatic amines is 2. The third-order valence-electron chi connectivity index (χ3n) is 10.3. The molecular weight excluding hydrogens is 901 g/mol. The lowest BCUT2D eigenvalue weighted by molar-refractivity contribution is -0.746. The standard InChI is InChI=1S/C29H43N10O20P3/c1-36-9-38(22-16(36)24(44)34-28(30)32-22)26-20(42)18(40)14(55-26)3-4-53-61(49,50)58-12-5-11(57-60(46,47)48)6-13(7-12)59-62(51,52)54-8-15-19(41)21(43)27(56-15)39-10-37(2)17-23(39)33-29(31)35-25(17)45/h9-15,18-21,26-27,40-43H,3-8H2,1-2H3,(H8-2,30,31,32,33,34,35,44,45,46,47,48,49,50,51,52)/t11-,12+,13-,14-,15-,18-,19-,20-,21-,26-,27-/m1/s1. The van der Waals surface area contributed by atoms with Crippen molar-refractivity contribution >= 4 is 57.7 Å². The molecule has 2 saturated heterocycles. The summed E-state index contributed by atoms with van der Waals surface area (Å²) in [5.74, 6) is -0.490. The molecule has 30 nitrogen and oxygen atoms in total. The van der Waals surface area contributed by atoms with E-state index in [0.717, 1.165) is 0 Å². The van der Waals surface area contributed by atoms with E-state index in [2.05, 4.69) is 19.9 Å². The number of aromatic nitrogens is 8. The number of fused-ring (bicyclic) bond motifs is 2. The van der Waals surface area contributed by atoms with Crippen molar-refractivity contribution in [1.82, 2.24) is 29.1 Å². The Kier molecular flexibility index (Phi) is 13.0. The van der Waals surface area contributed by atoms with E-state index < -0.39 is 134 Å². The molecule has 3 fully saturated rings. The molecule has 12 N–H and O–H groups in total. The lowest BCUT2D eigenvalue weighted by Crippen LogP contribution is -2.46. The van der Waals surface area contributed by atoms with E-state index in [0.29, 0.717) is 0 Å². The van der Waals surface area contributed by atoms with Crippen LogP contribution in [-0.4, -0.2) is 127 Å². The maximum absolute atomic E-state index is 13.0. The topological polar surface area (TPSA) is 444 Å². The number of phosphoric ester groups is 3. The lowest BCUT2D eigenvalue weighted by Gasteiger charge is -2.39. The van der Waals surface area contributed by atoms with E-state index in [1.54, 1.807) is 0 Å². The number of aliphatic hydroxyl groups is 4. The summed E-state index contributed by atoms with van der Waals surface area (Å²) in [6.07, 6.45) is -15.8. The number of nitrogens with zero attached hydrogens (tertiary/aromatic N) is 6. The molecule has 3 aliphatic rings. The van der Waals surface area contributed by atoms with Gasteiger partial charge in [0.25, 0.3) is 38.7 Å². The maximum Gasteiger partial charge on any atom is 0.469 e. The smallest absolute Gasteiger partial charge is 0.469 e. The van der Waals surface area contributed by atoms with Crippen LogP contribution in [0.15, 0.2) is 22.2 Å². The number of aryl methyl sites for hydroxylation is 2. The van der Waals surface area contributed by atoms with Crippen LogP contribution < -0.4 is 41.5 Å². The molecule has 4 aromatic rings. The zero-order valence-corrected chi connectivity index (χ0v) is 35.0. The molecule has 1 saturated carbocycles. The Bertz CT molecular complexity index is 2580. The van der Waals surface area contributed by atoms with Crippen molar-refractivity contribution in [2.45, 2.75) is 93.1 Å². The molecule has 0 bridgehead atoms. The summed E-state index contributed by atoms with van der Waals surface area (Å²) >= 11 is 0. The molecule has 33 heteroatoms. The SMILES string of the molecule is Cn1c[n+]([C@@H]2O[C@H](CCOP(=O)([O-])O[C@H]3C[C@@H](OP(=O)(O)O)C[C@@H](OP(=O)([O-])OC[C@H]4O[C@@H]([n+]5cn(C)c6c(=O)[nH]c(N)nc65)[C@H](O)[C@@H]4O)C3)[C@@H](O)[C@H]2O)c2nc(N)[nH]c(=O)c21. The Morgan fingerprint density at radius 2 is 1.16 bits per heavy atom. The molecule has 0 radical (unpaired) electrons. The van der Waals surface area contributed by atoms with E-state index >= 15 is 0 Å². The largest absolute Gasteiger partial charge is 0.756 e. The normalized spacial score (nSPS) is 31.5. The second-order valence-electron chi connectivity index (χ2n) is 14.8. The highest BCUT2D eigenvalue weighted by Gasteiger charge is 2.49. The van der Waals surface area contributed by atoms with Gasteiger partial charge in [-0.05, 0) is 0 Å². The average molecular weight is 945 g/mol. The summed E-state index contributed by atoms with van der Waals surface area (Å²) in [5, 5.41) is 43.0. The number of nitrogens with two attached hydrogens (primary N) is 2. The number of anilines is 2. The quantitative estimate of drug-likeness (QED) is 0.0392. The van der Waals surface area contributed by atoms with E-state index in [9.17, 15) is 63.3 Å². The van der Waals surface area contributed by atoms with Gasteiger partial charge in [0, 0.05) is 25.7 Å². The Labute approximate surface area is 346 Å². The first kappa shape index (κ1) is 46.4. The number of rotatable bonds is 15. The summed E-state index contributed by atoms with van der Waals surface area (Å²) < 4.78 is 79.1. The van der Waals surface area contributed by atoms with Crippen molar-refractivity contribution in [3.8, 4) is 0 Å². The number of H-pyrrole nitrogens is 2. The van der Waals surface area contributed by atoms with Gasteiger partial charge in [-0.2, -0.15) is 0 Å². The number of nitrogens with one attached hydrogen (secondary N) is 2. The number of hydrogen-bond donors (Lipinski definition) is 10. The summed E-state index contributed by atoms with van der Waals surface area (Å²) in [6.45, 7) is -1.61. The van der Waals surface area contributed by atoms with Crippen LogP contribution >= 0.6 is 23.5 Å². The number of aliphatic hydroxyl groups excluding tert-OH is 4. The second kappa shape index (κ2) is 17.4. The van der Waals surface area contributed by atoms with Crippen LogP contribution in [-0.2, 0) is 59.9 Å². The zero-order chi connectivity index (χ0) is 45.2. The number of phosphoric acid groups is 3. The molecule has 62 heavy (non-hydrogen) atoms.